The number of esters is 1. The molecule has 10 nitrogen and oxygen atoms in total. The van der Waals surface area contributed by atoms with E-state index in [0.717, 1.165) is 19.3 Å². The van der Waals surface area contributed by atoms with Gasteiger partial charge in [0.15, 0.2) is 5.82 Å². The second-order valence-corrected chi connectivity index (χ2v) is 8.02. The molecule has 1 aromatic carbocycles. The number of aryl methyl sites for hydroxylation is 1. The summed E-state index contributed by atoms with van der Waals surface area (Å²) in [4.78, 5) is 28.8. The van der Waals surface area contributed by atoms with Gasteiger partial charge in [-0.3, -0.25) is 9.48 Å². The number of nitrogens with one attached hydrogen (secondary N) is 1. The number of benzene rings is 1. The van der Waals surface area contributed by atoms with Crippen molar-refractivity contribution in [2.45, 2.75) is 31.8 Å². The van der Waals surface area contributed by atoms with Gasteiger partial charge < -0.3 is 24.6 Å². The molecule has 3 aromatic rings. The largest absolute Gasteiger partial charge is 0.485 e. The Hall–Kier alpha value is -3.92. The Balaban J connectivity index is 1.58. The van der Waals surface area contributed by atoms with E-state index in [9.17, 15) is 14.7 Å². The van der Waals surface area contributed by atoms with E-state index in [-0.39, 0.29) is 18.9 Å². The molecule has 1 fully saturated rings. The normalized spacial score (nSPS) is 14.1. The maximum Gasteiger partial charge on any atom is 0.356 e. The molecule has 0 unspecified atom stereocenters. The lowest BCUT2D eigenvalue weighted by atomic mass is 9.80. The van der Waals surface area contributed by atoms with Crippen LogP contribution in [0.15, 0.2) is 48.8 Å². The molecule has 4 rings (SSSR count). The summed E-state index contributed by atoms with van der Waals surface area (Å²) in [5.41, 5.74) is -0.200. The Kier molecular flexibility index (Phi) is 6.78. The van der Waals surface area contributed by atoms with E-state index >= 15 is 0 Å². The van der Waals surface area contributed by atoms with Gasteiger partial charge in [0.25, 0.3) is 5.91 Å². The van der Waals surface area contributed by atoms with Gasteiger partial charge in [-0.25, -0.2) is 9.78 Å². The minimum atomic E-state index is -0.657. The van der Waals surface area contributed by atoms with Crippen molar-refractivity contribution in [2.24, 2.45) is 7.05 Å². The van der Waals surface area contributed by atoms with Gasteiger partial charge in [0.1, 0.15) is 28.5 Å². The average Bonchev–Trinajstić information content (AvgIpc) is 3.21. The molecule has 2 aromatic heterocycles. The zero-order chi connectivity index (χ0) is 24.1. The first-order chi connectivity index (χ1) is 16.4. The van der Waals surface area contributed by atoms with Gasteiger partial charge in [0, 0.05) is 30.9 Å². The van der Waals surface area contributed by atoms with E-state index in [0.29, 0.717) is 28.6 Å². The monoisotopic (exact) mass is 466 g/mol. The predicted octanol–water partition coefficient (Wildman–Crippen LogP) is 3.33. The summed E-state index contributed by atoms with van der Waals surface area (Å²) in [5.74, 6) is 0.590. The van der Waals surface area contributed by atoms with Crippen molar-refractivity contribution in [3.8, 4) is 17.2 Å². The SMILES string of the molecule is CCOC(=O)c1ccc(Oc2cc(OC3(CO)CCC3)cc(C(=O)Nc3ccn(C)n3)c2)cn1. The van der Waals surface area contributed by atoms with Crippen molar-refractivity contribution in [2.75, 3.05) is 18.5 Å². The van der Waals surface area contributed by atoms with Gasteiger partial charge in [-0.15, -0.1) is 0 Å². The van der Waals surface area contributed by atoms with Crippen molar-refractivity contribution in [3.05, 3.63) is 60.0 Å². The minimum absolute atomic E-state index is 0.118. The smallest absolute Gasteiger partial charge is 0.356 e. The van der Waals surface area contributed by atoms with Gasteiger partial charge in [-0.1, -0.05) is 0 Å². The van der Waals surface area contributed by atoms with Crippen molar-refractivity contribution in [1.29, 1.82) is 0 Å². The summed E-state index contributed by atoms with van der Waals surface area (Å²) in [6, 6.07) is 9.58. The Morgan fingerprint density at radius 2 is 1.94 bits per heavy atom. The fourth-order valence-electron chi connectivity index (χ4n) is 3.51. The molecular formula is C24H26N4O6. The highest BCUT2D eigenvalue weighted by molar-refractivity contribution is 6.04. The molecule has 1 saturated carbocycles. The van der Waals surface area contributed by atoms with Gasteiger partial charge in [-0.2, -0.15) is 5.10 Å². The third kappa shape index (κ3) is 5.34. The Morgan fingerprint density at radius 1 is 1.15 bits per heavy atom. The number of ether oxygens (including phenoxy) is 3. The number of rotatable bonds is 9. The second-order valence-electron chi connectivity index (χ2n) is 8.02. The zero-order valence-corrected chi connectivity index (χ0v) is 19.0. The molecule has 1 aliphatic carbocycles. The van der Waals surface area contributed by atoms with Crippen LogP contribution in [0.2, 0.25) is 0 Å². The number of aliphatic hydroxyl groups excluding tert-OH is 1. The maximum atomic E-state index is 12.9. The van der Waals surface area contributed by atoms with Crippen LogP contribution < -0.4 is 14.8 Å². The standard InChI is InChI=1S/C24H26N4O6/c1-3-32-23(31)20-6-5-17(14-25-20)33-18-11-16(22(30)26-21-7-10-28(2)27-21)12-19(13-18)34-24(15-29)8-4-9-24/h5-7,10-14,29H,3-4,8-9,15H2,1-2H3,(H,26,27,30). The summed E-state index contributed by atoms with van der Waals surface area (Å²) in [5, 5.41) is 16.7. The first-order valence-electron chi connectivity index (χ1n) is 11.0. The number of anilines is 1. The van der Waals surface area contributed by atoms with Crippen LogP contribution >= 0.6 is 0 Å². The number of amides is 1. The van der Waals surface area contributed by atoms with Crippen LogP contribution in [0, 0.1) is 0 Å². The first kappa shape index (κ1) is 23.2. The summed E-state index contributed by atoms with van der Waals surface area (Å²) < 4.78 is 18.5. The number of pyridine rings is 1. The van der Waals surface area contributed by atoms with Crippen LogP contribution in [0.1, 0.15) is 47.0 Å². The van der Waals surface area contributed by atoms with Crippen molar-refractivity contribution in [1.82, 2.24) is 14.8 Å². The lowest BCUT2D eigenvalue weighted by Crippen LogP contribution is -2.46. The fraction of sp³-hybridized carbons (Fsp3) is 0.333. The molecule has 0 spiro atoms. The molecule has 2 N–H and O–H groups in total. The summed E-state index contributed by atoms with van der Waals surface area (Å²) in [6.45, 7) is 1.85. The number of carbonyl (C=O) groups excluding carboxylic acids is 2. The number of carbonyl (C=O) groups is 2. The molecule has 0 bridgehead atoms. The van der Waals surface area contributed by atoms with E-state index < -0.39 is 17.5 Å². The van der Waals surface area contributed by atoms with E-state index in [4.69, 9.17) is 14.2 Å². The van der Waals surface area contributed by atoms with Gasteiger partial charge >= 0.3 is 5.97 Å². The topological polar surface area (TPSA) is 125 Å². The molecule has 1 aliphatic rings. The predicted molar refractivity (Wildman–Crippen MR) is 122 cm³/mol. The van der Waals surface area contributed by atoms with Gasteiger partial charge in [0.2, 0.25) is 0 Å². The summed E-state index contributed by atoms with van der Waals surface area (Å²) in [7, 11) is 1.75. The summed E-state index contributed by atoms with van der Waals surface area (Å²) in [6.07, 6.45) is 5.53. The molecule has 0 saturated heterocycles. The van der Waals surface area contributed by atoms with E-state index in [1.54, 1.807) is 55.2 Å². The van der Waals surface area contributed by atoms with Crippen LogP contribution in [-0.4, -0.2) is 50.6 Å². The second kappa shape index (κ2) is 9.92. The van der Waals surface area contributed by atoms with Crippen LogP contribution in [0.4, 0.5) is 5.82 Å². The number of nitrogens with zero attached hydrogens (tertiary/aromatic N) is 3. The van der Waals surface area contributed by atoms with Crippen molar-refractivity contribution >= 4 is 17.7 Å². The van der Waals surface area contributed by atoms with Crippen LogP contribution in [0.3, 0.4) is 0 Å². The quantitative estimate of drug-likeness (QED) is 0.460. The van der Waals surface area contributed by atoms with Gasteiger partial charge in [0.05, 0.1) is 19.4 Å². The molecule has 2 heterocycles. The summed E-state index contributed by atoms with van der Waals surface area (Å²) >= 11 is 0. The molecule has 34 heavy (non-hydrogen) atoms. The van der Waals surface area contributed by atoms with E-state index in [1.807, 2.05) is 0 Å². The highest BCUT2D eigenvalue weighted by Crippen LogP contribution is 2.38. The highest BCUT2D eigenvalue weighted by atomic mass is 16.5. The first-order valence-corrected chi connectivity index (χ1v) is 11.0. The highest BCUT2D eigenvalue weighted by Gasteiger charge is 2.39. The Bertz CT molecular complexity index is 1160. The molecule has 178 valence electrons. The van der Waals surface area contributed by atoms with Crippen LogP contribution in [0.5, 0.6) is 17.2 Å². The Morgan fingerprint density at radius 3 is 2.53 bits per heavy atom. The molecule has 1 amide bonds. The average molecular weight is 466 g/mol. The maximum absolute atomic E-state index is 12.9. The van der Waals surface area contributed by atoms with E-state index in [2.05, 4.69) is 15.4 Å². The number of aliphatic hydroxyl groups is 1. The molecule has 0 atom stereocenters. The van der Waals surface area contributed by atoms with E-state index in [1.165, 1.54) is 12.3 Å². The molecule has 0 radical (unpaired) electrons. The Labute approximate surface area is 196 Å². The molecule has 0 aliphatic heterocycles. The van der Waals surface area contributed by atoms with Gasteiger partial charge in [-0.05, 0) is 50.5 Å². The lowest BCUT2D eigenvalue weighted by Gasteiger charge is -2.40. The lowest BCUT2D eigenvalue weighted by molar-refractivity contribution is -0.0516. The van der Waals surface area contributed by atoms with Crippen molar-refractivity contribution < 1.29 is 28.9 Å². The third-order valence-electron chi connectivity index (χ3n) is 5.44. The number of hydrogen-bond donors (Lipinski definition) is 2. The minimum Gasteiger partial charge on any atom is -0.485 e. The third-order valence-corrected chi connectivity index (χ3v) is 5.44. The zero-order valence-electron chi connectivity index (χ0n) is 19.0. The van der Waals surface area contributed by atoms with Crippen LogP contribution in [0.25, 0.3) is 0 Å². The van der Waals surface area contributed by atoms with Crippen molar-refractivity contribution in [3.63, 3.8) is 0 Å². The molecule has 10 heteroatoms. The number of hydrogen-bond acceptors (Lipinski definition) is 8. The molecular weight excluding hydrogens is 440 g/mol. The number of aromatic nitrogens is 3. The fourth-order valence-corrected chi connectivity index (χ4v) is 3.51. The van der Waals surface area contributed by atoms with Crippen LogP contribution in [-0.2, 0) is 11.8 Å².